The molecule has 1 aromatic heterocycles. The van der Waals surface area contributed by atoms with Gasteiger partial charge in [-0.3, -0.25) is 9.78 Å². The average Bonchev–Trinajstić information content (AvgIpc) is 3.00. The molecule has 3 rings (SSSR count). The zero-order chi connectivity index (χ0) is 13.6. The maximum absolute atomic E-state index is 11.3. The van der Waals surface area contributed by atoms with Crippen LogP contribution in [0.5, 0.6) is 0 Å². The summed E-state index contributed by atoms with van der Waals surface area (Å²) in [5, 5.41) is 0. The fourth-order valence-electron chi connectivity index (χ4n) is 3.25. The van der Waals surface area contributed by atoms with E-state index in [0.717, 1.165) is 18.2 Å². The van der Waals surface area contributed by atoms with Gasteiger partial charge < -0.3 is 15.5 Å². The molecule has 0 aromatic carbocycles. The van der Waals surface area contributed by atoms with Crippen LogP contribution in [0.25, 0.3) is 0 Å². The van der Waals surface area contributed by atoms with Gasteiger partial charge in [-0.15, -0.1) is 0 Å². The van der Waals surface area contributed by atoms with Crippen LogP contribution in [0.2, 0.25) is 0 Å². The number of carbonyl (C=O) groups excluding carboxylic acids is 1. The Morgan fingerprint density at radius 1 is 1.47 bits per heavy atom. The number of aromatic nitrogens is 1. The number of hydrogen-bond donors (Lipinski definition) is 1. The third-order valence-electron chi connectivity index (χ3n) is 4.09. The van der Waals surface area contributed by atoms with E-state index in [2.05, 4.69) is 28.9 Å². The topological polar surface area (TPSA) is 62.5 Å². The van der Waals surface area contributed by atoms with Gasteiger partial charge in [0, 0.05) is 24.8 Å². The summed E-state index contributed by atoms with van der Waals surface area (Å²) in [5.74, 6) is 0.409. The number of likely N-dealkylation sites (N-methyl/N-ethyl adjacent to an activating group) is 1. The van der Waals surface area contributed by atoms with Crippen molar-refractivity contribution in [1.29, 1.82) is 0 Å². The predicted molar refractivity (Wildman–Crippen MR) is 74.1 cm³/mol. The van der Waals surface area contributed by atoms with Gasteiger partial charge in [0.05, 0.1) is 17.4 Å². The van der Waals surface area contributed by atoms with E-state index < -0.39 is 5.91 Å². The van der Waals surface area contributed by atoms with Crippen molar-refractivity contribution in [3.63, 3.8) is 0 Å². The van der Waals surface area contributed by atoms with Crippen LogP contribution in [0.4, 0.5) is 5.69 Å². The summed E-state index contributed by atoms with van der Waals surface area (Å²) in [5.41, 5.74) is 6.86. The summed E-state index contributed by atoms with van der Waals surface area (Å²) < 4.78 is 0. The van der Waals surface area contributed by atoms with E-state index in [4.69, 9.17) is 5.73 Å². The molecular formula is C14H20N4O. The average molecular weight is 260 g/mol. The van der Waals surface area contributed by atoms with Crippen LogP contribution < -0.4 is 10.6 Å². The van der Waals surface area contributed by atoms with Crippen LogP contribution in [-0.4, -0.2) is 48.5 Å². The van der Waals surface area contributed by atoms with Gasteiger partial charge in [0.1, 0.15) is 0 Å². The summed E-state index contributed by atoms with van der Waals surface area (Å²) in [7, 11) is 4.19. The number of nitrogens with two attached hydrogens (primary N) is 1. The molecule has 2 aliphatic rings. The lowest BCUT2D eigenvalue weighted by molar-refractivity contribution is 0.1000. The van der Waals surface area contributed by atoms with Crippen LogP contribution in [0.15, 0.2) is 18.5 Å². The predicted octanol–water partition coefficient (Wildman–Crippen LogP) is 0.709. The molecule has 2 N–H and O–H groups in total. The molecule has 19 heavy (non-hydrogen) atoms. The zero-order valence-electron chi connectivity index (χ0n) is 11.4. The Morgan fingerprint density at radius 2 is 2.26 bits per heavy atom. The molecule has 0 spiro atoms. The molecule has 5 nitrogen and oxygen atoms in total. The first-order valence-electron chi connectivity index (χ1n) is 6.74. The fourth-order valence-corrected chi connectivity index (χ4v) is 3.25. The minimum absolute atomic E-state index is 0.412. The van der Waals surface area contributed by atoms with Crippen molar-refractivity contribution in [2.45, 2.75) is 24.9 Å². The highest BCUT2D eigenvalue weighted by Crippen LogP contribution is 2.49. The van der Waals surface area contributed by atoms with Gasteiger partial charge in [-0.2, -0.15) is 0 Å². The molecule has 102 valence electrons. The Morgan fingerprint density at radius 3 is 2.95 bits per heavy atom. The van der Waals surface area contributed by atoms with E-state index >= 15 is 0 Å². The van der Waals surface area contributed by atoms with Crippen molar-refractivity contribution in [3.05, 3.63) is 24.0 Å². The van der Waals surface area contributed by atoms with Crippen LogP contribution in [-0.2, 0) is 0 Å². The summed E-state index contributed by atoms with van der Waals surface area (Å²) in [6, 6.07) is 3.03. The van der Waals surface area contributed by atoms with Crippen molar-refractivity contribution in [2.75, 3.05) is 25.5 Å². The van der Waals surface area contributed by atoms with Crippen LogP contribution in [0.1, 0.15) is 23.2 Å². The van der Waals surface area contributed by atoms with E-state index in [1.54, 1.807) is 0 Å². The fraction of sp³-hybridized carbons (Fsp3) is 0.571. The Hall–Kier alpha value is -1.62. The van der Waals surface area contributed by atoms with Gasteiger partial charge >= 0.3 is 0 Å². The van der Waals surface area contributed by atoms with Gasteiger partial charge in [0.25, 0.3) is 0 Å². The quantitative estimate of drug-likeness (QED) is 0.866. The molecule has 1 amide bonds. The molecule has 0 bridgehead atoms. The summed E-state index contributed by atoms with van der Waals surface area (Å²) in [4.78, 5) is 20.1. The minimum atomic E-state index is -0.412. The lowest BCUT2D eigenvalue weighted by atomic mass is 10.1. The first-order chi connectivity index (χ1) is 9.06. The number of pyridine rings is 1. The minimum Gasteiger partial charge on any atom is -0.366 e. The monoisotopic (exact) mass is 260 g/mol. The van der Waals surface area contributed by atoms with Crippen molar-refractivity contribution < 1.29 is 4.79 Å². The molecule has 1 saturated heterocycles. The second-order valence-electron chi connectivity index (χ2n) is 5.92. The molecule has 2 fully saturated rings. The number of rotatable bonds is 4. The first-order valence-corrected chi connectivity index (χ1v) is 6.74. The third-order valence-corrected chi connectivity index (χ3v) is 4.09. The first kappa shape index (κ1) is 12.4. The number of hydrogen-bond acceptors (Lipinski definition) is 4. The molecular weight excluding hydrogens is 240 g/mol. The summed E-state index contributed by atoms with van der Waals surface area (Å²) in [6.07, 6.45) is 5.89. The van der Waals surface area contributed by atoms with Gasteiger partial charge in [0.2, 0.25) is 5.91 Å². The molecule has 5 heteroatoms. The van der Waals surface area contributed by atoms with E-state index in [-0.39, 0.29) is 0 Å². The number of anilines is 1. The highest BCUT2D eigenvalue weighted by atomic mass is 16.1. The highest BCUT2D eigenvalue weighted by molar-refractivity contribution is 5.93. The molecule has 1 aliphatic carbocycles. The summed E-state index contributed by atoms with van der Waals surface area (Å²) >= 11 is 0. The molecule has 1 aromatic rings. The molecule has 3 unspecified atom stereocenters. The SMILES string of the molecule is CN(C)CC1CC2CC2N1c1cncc(C(N)=O)c1. The molecule has 3 atom stereocenters. The number of piperidine rings is 1. The van der Waals surface area contributed by atoms with E-state index in [1.165, 1.54) is 19.0 Å². The number of fused-ring (bicyclic) bond motifs is 1. The van der Waals surface area contributed by atoms with Crippen LogP contribution in [0.3, 0.4) is 0 Å². The van der Waals surface area contributed by atoms with Gasteiger partial charge in [-0.05, 0) is 38.9 Å². The molecule has 0 radical (unpaired) electrons. The Bertz CT molecular complexity index is 502. The van der Waals surface area contributed by atoms with Crippen molar-refractivity contribution in [3.8, 4) is 0 Å². The maximum Gasteiger partial charge on any atom is 0.250 e. The van der Waals surface area contributed by atoms with Gasteiger partial charge in [0.15, 0.2) is 0 Å². The van der Waals surface area contributed by atoms with Crippen LogP contribution >= 0.6 is 0 Å². The number of primary amides is 1. The van der Waals surface area contributed by atoms with E-state index in [0.29, 0.717) is 17.6 Å². The summed E-state index contributed by atoms with van der Waals surface area (Å²) in [6.45, 7) is 1.04. The maximum atomic E-state index is 11.3. The number of carbonyl (C=O) groups is 1. The number of amides is 1. The highest BCUT2D eigenvalue weighted by Gasteiger charge is 2.51. The number of nitrogens with zero attached hydrogens (tertiary/aromatic N) is 3. The zero-order valence-corrected chi connectivity index (χ0v) is 11.4. The normalized spacial score (nSPS) is 28.6. The van der Waals surface area contributed by atoms with Gasteiger partial charge in [-0.25, -0.2) is 0 Å². The van der Waals surface area contributed by atoms with Gasteiger partial charge in [-0.1, -0.05) is 0 Å². The molecule has 1 aliphatic heterocycles. The van der Waals surface area contributed by atoms with E-state index in [1.807, 2.05) is 12.3 Å². The lowest BCUT2D eigenvalue weighted by Crippen LogP contribution is -2.40. The second-order valence-corrected chi connectivity index (χ2v) is 5.92. The third kappa shape index (κ3) is 2.30. The molecule has 2 heterocycles. The Balaban J connectivity index is 1.86. The largest absolute Gasteiger partial charge is 0.366 e. The Labute approximate surface area is 113 Å². The Kier molecular flexibility index (Phi) is 2.93. The smallest absolute Gasteiger partial charge is 0.250 e. The van der Waals surface area contributed by atoms with Crippen LogP contribution in [0, 0.1) is 5.92 Å². The van der Waals surface area contributed by atoms with Crippen molar-refractivity contribution in [2.24, 2.45) is 11.7 Å². The molecule has 1 saturated carbocycles. The van der Waals surface area contributed by atoms with Crippen molar-refractivity contribution >= 4 is 11.6 Å². The lowest BCUT2D eigenvalue weighted by Gasteiger charge is -2.31. The van der Waals surface area contributed by atoms with E-state index in [9.17, 15) is 4.79 Å². The standard InChI is InChI=1S/C14H20N4O/c1-17(2)8-12-3-9-5-13(9)18(12)11-4-10(14(15)19)6-16-7-11/h4,6-7,9,12-13H,3,5,8H2,1-2H3,(H2,15,19). The second kappa shape index (κ2) is 4.49. The van der Waals surface area contributed by atoms with Crippen molar-refractivity contribution in [1.82, 2.24) is 9.88 Å².